The molecule has 0 amide bonds. The van der Waals surface area contributed by atoms with Crippen molar-refractivity contribution >= 4 is 9.84 Å². The van der Waals surface area contributed by atoms with E-state index < -0.39 is 26.4 Å². The Bertz CT molecular complexity index is 679. The summed E-state index contributed by atoms with van der Waals surface area (Å²) in [6.07, 6.45) is 4.38. The molecule has 1 aromatic rings. The molecule has 1 N–H and O–H groups in total. The maximum Gasteiger partial charge on any atom is 0.181 e. The molecule has 24 heavy (non-hydrogen) atoms. The van der Waals surface area contributed by atoms with Crippen LogP contribution in [0.3, 0.4) is 0 Å². The fraction of sp³-hybridized carbons (Fsp3) is 0.647. The van der Waals surface area contributed by atoms with Crippen LogP contribution < -0.4 is 5.32 Å². The van der Waals surface area contributed by atoms with Crippen LogP contribution in [0.25, 0.3) is 0 Å². The van der Waals surface area contributed by atoms with Crippen LogP contribution in [0, 0.1) is 29.4 Å². The van der Waals surface area contributed by atoms with Crippen LogP contribution in [0.1, 0.15) is 24.8 Å². The van der Waals surface area contributed by atoms with Gasteiger partial charge in [0.25, 0.3) is 0 Å². The summed E-state index contributed by atoms with van der Waals surface area (Å²) in [5, 5.41) is 3.36. The van der Waals surface area contributed by atoms with Gasteiger partial charge in [0.05, 0.1) is 13.2 Å². The average Bonchev–Trinajstić information content (AvgIpc) is 3.25. The second-order valence-electron chi connectivity index (χ2n) is 6.92. The van der Waals surface area contributed by atoms with Gasteiger partial charge in [-0.2, -0.15) is 0 Å². The number of hydrogen-bond acceptors (Lipinski definition) is 4. The zero-order chi connectivity index (χ0) is 17.3. The van der Waals surface area contributed by atoms with Crippen molar-refractivity contribution in [3.05, 3.63) is 29.3 Å². The molecular formula is C17H23F2NO3S. The minimum absolute atomic E-state index is 0.0906. The number of hydrogen-bond donors (Lipinski definition) is 1. The van der Waals surface area contributed by atoms with Crippen molar-refractivity contribution in [1.82, 2.24) is 5.32 Å². The molecule has 1 aromatic carbocycles. The third-order valence-electron chi connectivity index (χ3n) is 5.00. The average molecular weight is 359 g/mol. The first kappa shape index (κ1) is 17.8. The van der Waals surface area contributed by atoms with Crippen molar-refractivity contribution in [3.63, 3.8) is 0 Å². The molecule has 3 rings (SSSR count). The summed E-state index contributed by atoms with van der Waals surface area (Å²) in [6.45, 7) is 2.85. The first-order valence-electron chi connectivity index (χ1n) is 8.32. The van der Waals surface area contributed by atoms with Gasteiger partial charge in [0.15, 0.2) is 9.84 Å². The van der Waals surface area contributed by atoms with Gasteiger partial charge in [0, 0.05) is 6.26 Å². The molecule has 1 saturated heterocycles. The van der Waals surface area contributed by atoms with Crippen LogP contribution in [0.2, 0.25) is 0 Å². The first-order chi connectivity index (χ1) is 11.4. The summed E-state index contributed by atoms with van der Waals surface area (Å²) in [5.41, 5.74) is 0.316. The number of piperidine rings is 1. The van der Waals surface area contributed by atoms with Crippen molar-refractivity contribution in [2.24, 2.45) is 17.8 Å². The zero-order valence-corrected chi connectivity index (χ0v) is 14.5. The Morgan fingerprint density at radius 3 is 2.42 bits per heavy atom. The SMILES string of the molecule is CS(=O)(=O)c1c(F)cc(COCC2CC2C2CCNCC2)cc1F. The summed E-state index contributed by atoms with van der Waals surface area (Å²) in [5.74, 6) is -0.0970. The Balaban J connectivity index is 1.51. The van der Waals surface area contributed by atoms with Crippen LogP contribution in [-0.4, -0.2) is 34.4 Å². The predicted molar refractivity (Wildman–Crippen MR) is 86.3 cm³/mol. The van der Waals surface area contributed by atoms with Crippen molar-refractivity contribution in [2.75, 3.05) is 26.0 Å². The summed E-state index contributed by atoms with van der Waals surface area (Å²) in [4.78, 5) is -0.876. The maximum atomic E-state index is 13.8. The van der Waals surface area contributed by atoms with Gasteiger partial charge in [0.2, 0.25) is 0 Å². The van der Waals surface area contributed by atoms with Crippen LogP contribution in [-0.2, 0) is 21.2 Å². The minimum atomic E-state index is -3.92. The fourth-order valence-electron chi connectivity index (χ4n) is 3.69. The quantitative estimate of drug-likeness (QED) is 0.848. The van der Waals surface area contributed by atoms with Gasteiger partial charge in [-0.15, -0.1) is 0 Å². The van der Waals surface area contributed by atoms with E-state index in [1.165, 1.54) is 19.3 Å². The normalized spacial score (nSPS) is 25.0. The lowest BCUT2D eigenvalue weighted by Crippen LogP contribution is -2.29. The molecule has 7 heteroatoms. The number of ether oxygens (including phenoxy) is 1. The van der Waals surface area contributed by atoms with E-state index in [0.29, 0.717) is 24.0 Å². The first-order valence-corrected chi connectivity index (χ1v) is 10.2. The molecule has 0 radical (unpaired) electrons. The molecule has 4 nitrogen and oxygen atoms in total. The smallest absolute Gasteiger partial charge is 0.181 e. The maximum absolute atomic E-state index is 13.8. The molecule has 2 fully saturated rings. The van der Waals surface area contributed by atoms with E-state index in [-0.39, 0.29) is 6.61 Å². The molecule has 2 unspecified atom stereocenters. The van der Waals surface area contributed by atoms with Crippen LogP contribution in [0.4, 0.5) is 8.78 Å². The zero-order valence-electron chi connectivity index (χ0n) is 13.7. The van der Waals surface area contributed by atoms with Crippen molar-refractivity contribution < 1.29 is 21.9 Å². The topological polar surface area (TPSA) is 55.4 Å². The Hall–Kier alpha value is -1.05. The second kappa shape index (κ2) is 7.06. The van der Waals surface area contributed by atoms with Crippen LogP contribution in [0.5, 0.6) is 0 Å². The highest BCUT2D eigenvalue weighted by Crippen LogP contribution is 2.47. The predicted octanol–water partition coefficient (Wildman–Crippen LogP) is 2.52. The molecule has 2 atom stereocenters. The van der Waals surface area contributed by atoms with Gasteiger partial charge in [-0.25, -0.2) is 17.2 Å². The Morgan fingerprint density at radius 2 is 1.83 bits per heavy atom. The number of nitrogens with one attached hydrogen (secondary N) is 1. The molecule has 1 saturated carbocycles. The van der Waals surface area contributed by atoms with Crippen LogP contribution >= 0.6 is 0 Å². The van der Waals surface area contributed by atoms with Gasteiger partial charge in [-0.05, 0) is 67.8 Å². The van der Waals surface area contributed by atoms with E-state index in [4.69, 9.17) is 4.74 Å². The van der Waals surface area contributed by atoms with Gasteiger partial charge in [-0.3, -0.25) is 0 Å². The van der Waals surface area contributed by atoms with Gasteiger partial charge >= 0.3 is 0 Å². The van der Waals surface area contributed by atoms with E-state index in [0.717, 1.165) is 37.4 Å². The molecule has 0 aromatic heterocycles. The van der Waals surface area contributed by atoms with Gasteiger partial charge < -0.3 is 10.1 Å². The molecule has 1 aliphatic heterocycles. The Morgan fingerprint density at radius 1 is 1.21 bits per heavy atom. The highest BCUT2D eigenvalue weighted by atomic mass is 32.2. The van der Waals surface area contributed by atoms with E-state index >= 15 is 0 Å². The standard InChI is InChI=1S/C17H23F2NO3S/c1-24(21,22)17-15(18)6-11(7-16(17)19)9-23-10-13-8-14(13)12-2-4-20-5-3-12/h6-7,12-14,20H,2-5,8-10H2,1H3. The summed E-state index contributed by atoms with van der Waals surface area (Å²) in [7, 11) is -3.92. The summed E-state index contributed by atoms with van der Waals surface area (Å²) in [6, 6.07) is 2.08. The van der Waals surface area contributed by atoms with Gasteiger partial charge in [0.1, 0.15) is 16.5 Å². The third kappa shape index (κ3) is 4.13. The molecule has 134 valence electrons. The monoisotopic (exact) mass is 359 g/mol. The largest absolute Gasteiger partial charge is 0.376 e. The van der Waals surface area contributed by atoms with E-state index in [2.05, 4.69) is 5.32 Å². The molecular weight excluding hydrogens is 336 g/mol. The molecule has 1 aliphatic carbocycles. The number of rotatable bonds is 6. The van der Waals surface area contributed by atoms with Gasteiger partial charge in [-0.1, -0.05) is 0 Å². The van der Waals surface area contributed by atoms with Crippen molar-refractivity contribution in [2.45, 2.75) is 30.8 Å². The highest BCUT2D eigenvalue weighted by molar-refractivity contribution is 7.90. The van der Waals surface area contributed by atoms with E-state index in [1.807, 2.05) is 0 Å². The molecule has 0 spiro atoms. The number of halogens is 2. The Kier molecular flexibility index (Phi) is 5.22. The molecule has 2 aliphatic rings. The van der Waals surface area contributed by atoms with E-state index in [9.17, 15) is 17.2 Å². The van der Waals surface area contributed by atoms with Crippen LogP contribution in [0.15, 0.2) is 17.0 Å². The summed E-state index contributed by atoms with van der Waals surface area (Å²) < 4.78 is 56.0. The van der Waals surface area contributed by atoms with E-state index in [1.54, 1.807) is 0 Å². The minimum Gasteiger partial charge on any atom is -0.376 e. The Labute approximate surface area is 141 Å². The lowest BCUT2D eigenvalue weighted by atomic mass is 9.92. The second-order valence-corrected chi connectivity index (χ2v) is 8.88. The number of sulfone groups is 1. The summed E-state index contributed by atoms with van der Waals surface area (Å²) >= 11 is 0. The lowest BCUT2D eigenvalue weighted by Gasteiger charge is -2.22. The number of benzene rings is 1. The fourth-order valence-corrected chi connectivity index (χ4v) is 4.52. The molecule has 1 heterocycles. The van der Waals surface area contributed by atoms with Crippen molar-refractivity contribution in [3.8, 4) is 0 Å². The highest BCUT2D eigenvalue weighted by Gasteiger charge is 2.42. The van der Waals surface area contributed by atoms with Crippen molar-refractivity contribution in [1.29, 1.82) is 0 Å². The third-order valence-corrected chi connectivity index (χ3v) is 6.13. The molecule has 0 bridgehead atoms. The lowest BCUT2D eigenvalue weighted by molar-refractivity contribution is 0.103.